The van der Waals surface area contributed by atoms with Gasteiger partial charge in [-0.25, -0.2) is 0 Å². The topological polar surface area (TPSA) is 78.7 Å². The molecule has 1 aromatic rings. The second-order valence-electron chi connectivity index (χ2n) is 5.97. The molecule has 130 valence electrons. The first-order chi connectivity index (χ1) is 11.6. The summed E-state index contributed by atoms with van der Waals surface area (Å²) in [4.78, 5) is 28.0. The van der Waals surface area contributed by atoms with E-state index in [0.29, 0.717) is 45.7 Å². The Labute approximate surface area is 143 Å². The fraction of sp³-hybridized carbons (Fsp3) is 0.444. The Kier molecular flexibility index (Phi) is 6.96. The van der Waals surface area contributed by atoms with E-state index in [9.17, 15) is 9.59 Å². The lowest BCUT2D eigenvalue weighted by Crippen LogP contribution is -2.51. The third-order valence-corrected chi connectivity index (χ3v) is 4.16. The quantitative estimate of drug-likeness (QED) is 0.715. The summed E-state index contributed by atoms with van der Waals surface area (Å²) in [5.41, 5.74) is 7.10. The summed E-state index contributed by atoms with van der Waals surface area (Å²) in [6.45, 7) is 7.09. The van der Waals surface area contributed by atoms with Gasteiger partial charge in [-0.3, -0.25) is 14.5 Å². The zero-order valence-electron chi connectivity index (χ0n) is 14.0. The minimum absolute atomic E-state index is 0.0132. The third kappa shape index (κ3) is 5.47. The van der Waals surface area contributed by atoms with Crippen LogP contribution >= 0.6 is 0 Å². The Hall–Kier alpha value is -2.18. The van der Waals surface area contributed by atoms with Crippen LogP contribution in [0.5, 0.6) is 0 Å². The fourth-order valence-electron chi connectivity index (χ4n) is 2.74. The average Bonchev–Trinajstić information content (AvgIpc) is 2.61. The lowest BCUT2D eigenvalue weighted by atomic mass is 10.0. The van der Waals surface area contributed by atoms with Crippen molar-refractivity contribution in [2.75, 3.05) is 39.3 Å². The maximum Gasteiger partial charge on any atom is 0.234 e. The number of carbonyl (C=O) groups excluding carboxylic acids is 2. The zero-order chi connectivity index (χ0) is 17.4. The van der Waals surface area contributed by atoms with E-state index in [-0.39, 0.29) is 17.9 Å². The van der Waals surface area contributed by atoms with Gasteiger partial charge < -0.3 is 16.0 Å². The summed E-state index contributed by atoms with van der Waals surface area (Å²) in [5, 5.41) is 2.76. The minimum atomic E-state index is -0.276. The van der Waals surface area contributed by atoms with Gasteiger partial charge in [-0.1, -0.05) is 36.4 Å². The minimum Gasteiger partial charge on any atom is -0.352 e. The molecule has 6 heteroatoms. The Morgan fingerprint density at radius 2 is 1.88 bits per heavy atom. The molecule has 1 aliphatic rings. The Morgan fingerprint density at radius 3 is 2.50 bits per heavy atom. The second kappa shape index (κ2) is 9.20. The van der Waals surface area contributed by atoms with Crippen molar-refractivity contribution in [2.24, 2.45) is 5.73 Å². The third-order valence-electron chi connectivity index (χ3n) is 4.16. The molecule has 24 heavy (non-hydrogen) atoms. The SMILES string of the molecule is C=CCNC(=O)CN1CCN(C(=O)CC(N)c2ccccc2)CC1. The summed E-state index contributed by atoms with van der Waals surface area (Å²) < 4.78 is 0. The van der Waals surface area contributed by atoms with E-state index >= 15 is 0 Å². The van der Waals surface area contributed by atoms with Gasteiger partial charge in [0, 0.05) is 45.2 Å². The first-order valence-corrected chi connectivity index (χ1v) is 8.28. The molecule has 2 amide bonds. The number of benzene rings is 1. The van der Waals surface area contributed by atoms with Crippen molar-refractivity contribution in [3.05, 3.63) is 48.6 Å². The Bertz CT molecular complexity index is 553. The number of amides is 2. The molecule has 0 spiro atoms. The van der Waals surface area contributed by atoms with Gasteiger partial charge in [0.25, 0.3) is 0 Å². The van der Waals surface area contributed by atoms with Crippen molar-refractivity contribution in [3.63, 3.8) is 0 Å². The van der Waals surface area contributed by atoms with Crippen molar-refractivity contribution >= 4 is 11.8 Å². The first kappa shape index (κ1) is 18.2. The molecular formula is C18H26N4O2. The average molecular weight is 330 g/mol. The standard InChI is InChI=1S/C18H26N4O2/c1-2-8-20-17(23)14-21-9-11-22(12-10-21)18(24)13-16(19)15-6-4-3-5-7-15/h2-7,16H,1,8-14,19H2,(H,20,23). The van der Waals surface area contributed by atoms with E-state index in [4.69, 9.17) is 5.73 Å². The molecule has 0 radical (unpaired) electrons. The van der Waals surface area contributed by atoms with Crippen LogP contribution in [0.25, 0.3) is 0 Å². The van der Waals surface area contributed by atoms with Crippen molar-refractivity contribution in [3.8, 4) is 0 Å². The lowest BCUT2D eigenvalue weighted by molar-refractivity contribution is -0.133. The summed E-state index contributed by atoms with van der Waals surface area (Å²) in [6, 6.07) is 9.39. The molecule has 1 atom stereocenters. The van der Waals surface area contributed by atoms with Crippen LogP contribution in [0.4, 0.5) is 0 Å². The molecule has 1 aliphatic heterocycles. The molecule has 0 bridgehead atoms. The predicted octanol–water partition coefficient (Wildman–Crippen LogP) is 0.523. The van der Waals surface area contributed by atoms with E-state index < -0.39 is 0 Å². The Morgan fingerprint density at radius 1 is 1.21 bits per heavy atom. The number of rotatable bonds is 7. The van der Waals surface area contributed by atoms with E-state index in [1.807, 2.05) is 35.2 Å². The highest BCUT2D eigenvalue weighted by atomic mass is 16.2. The molecule has 2 rings (SSSR count). The van der Waals surface area contributed by atoms with Gasteiger partial charge in [-0.2, -0.15) is 0 Å². The van der Waals surface area contributed by atoms with E-state index in [0.717, 1.165) is 5.56 Å². The van der Waals surface area contributed by atoms with E-state index in [1.165, 1.54) is 0 Å². The monoisotopic (exact) mass is 330 g/mol. The number of nitrogens with zero attached hydrogens (tertiary/aromatic N) is 2. The number of nitrogens with one attached hydrogen (secondary N) is 1. The molecule has 0 aliphatic carbocycles. The highest BCUT2D eigenvalue weighted by Gasteiger charge is 2.23. The van der Waals surface area contributed by atoms with Crippen molar-refractivity contribution in [1.82, 2.24) is 15.1 Å². The van der Waals surface area contributed by atoms with Gasteiger partial charge in [0.15, 0.2) is 0 Å². The van der Waals surface area contributed by atoms with Gasteiger partial charge in [0.2, 0.25) is 11.8 Å². The molecule has 6 nitrogen and oxygen atoms in total. The van der Waals surface area contributed by atoms with Crippen LogP contribution in [0, 0.1) is 0 Å². The van der Waals surface area contributed by atoms with E-state index in [1.54, 1.807) is 6.08 Å². The molecule has 1 heterocycles. The molecular weight excluding hydrogens is 304 g/mol. The van der Waals surface area contributed by atoms with Crippen LogP contribution in [-0.4, -0.2) is 60.9 Å². The van der Waals surface area contributed by atoms with Gasteiger partial charge in [-0.15, -0.1) is 6.58 Å². The first-order valence-electron chi connectivity index (χ1n) is 8.28. The smallest absolute Gasteiger partial charge is 0.234 e. The number of hydrogen-bond donors (Lipinski definition) is 2. The van der Waals surface area contributed by atoms with Crippen molar-refractivity contribution < 1.29 is 9.59 Å². The molecule has 1 unspecified atom stereocenters. The van der Waals surface area contributed by atoms with Crippen LogP contribution in [0.2, 0.25) is 0 Å². The molecule has 1 aromatic carbocycles. The summed E-state index contributed by atoms with van der Waals surface area (Å²) in [5.74, 6) is 0.0582. The van der Waals surface area contributed by atoms with Crippen molar-refractivity contribution in [2.45, 2.75) is 12.5 Å². The van der Waals surface area contributed by atoms with Crippen LogP contribution < -0.4 is 11.1 Å². The van der Waals surface area contributed by atoms with Crippen LogP contribution in [0.3, 0.4) is 0 Å². The number of hydrogen-bond acceptors (Lipinski definition) is 4. The largest absolute Gasteiger partial charge is 0.352 e. The summed E-state index contributed by atoms with van der Waals surface area (Å²) >= 11 is 0. The maximum absolute atomic E-state index is 12.4. The molecule has 1 fully saturated rings. The van der Waals surface area contributed by atoms with Crippen molar-refractivity contribution in [1.29, 1.82) is 0 Å². The maximum atomic E-state index is 12.4. The number of piperazine rings is 1. The molecule has 0 aromatic heterocycles. The fourth-order valence-corrected chi connectivity index (χ4v) is 2.74. The predicted molar refractivity (Wildman–Crippen MR) is 94.2 cm³/mol. The molecule has 1 saturated heterocycles. The van der Waals surface area contributed by atoms with Crippen LogP contribution in [0.1, 0.15) is 18.0 Å². The van der Waals surface area contributed by atoms with Gasteiger partial charge in [0.05, 0.1) is 6.54 Å². The zero-order valence-corrected chi connectivity index (χ0v) is 14.0. The lowest BCUT2D eigenvalue weighted by Gasteiger charge is -2.34. The normalized spacial score (nSPS) is 16.5. The molecule has 3 N–H and O–H groups in total. The van der Waals surface area contributed by atoms with Gasteiger partial charge in [0.1, 0.15) is 0 Å². The highest BCUT2D eigenvalue weighted by molar-refractivity contribution is 5.78. The van der Waals surface area contributed by atoms with Crippen LogP contribution in [0.15, 0.2) is 43.0 Å². The number of nitrogens with two attached hydrogens (primary N) is 1. The molecule has 0 saturated carbocycles. The van der Waals surface area contributed by atoms with E-state index in [2.05, 4.69) is 16.8 Å². The van der Waals surface area contributed by atoms with Gasteiger partial charge in [-0.05, 0) is 5.56 Å². The summed E-state index contributed by atoms with van der Waals surface area (Å²) in [7, 11) is 0. The Balaban J connectivity index is 1.74. The van der Waals surface area contributed by atoms with Gasteiger partial charge >= 0.3 is 0 Å². The summed E-state index contributed by atoms with van der Waals surface area (Å²) in [6.07, 6.45) is 1.97. The highest BCUT2D eigenvalue weighted by Crippen LogP contribution is 2.15. The van der Waals surface area contributed by atoms with Crippen LogP contribution in [-0.2, 0) is 9.59 Å². The number of carbonyl (C=O) groups is 2. The second-order valence-corrected chi connectivity index (χ2v) is 5.97.